The van der Waals surface area contributed by atoms with Crippen LogP contribution in [0.3, 0.4) is 0 Å². The van der Waals surface area contributed by atoms with Crippen molar-refractivity contribution in [2.45, 2.75) is 13.3 Å². The van der Waals surface area contributed by atoms with Gasteiger partial charge in [0.2, 0.25) is 0 Å². The van der Waals surface area contributed by atoms with Gasteiger partial charge in [-0.1, -0.05) is 23.7 Å². The number of benzene rings is 1. The van der Waals surface area contributed by atoms with E-state index in [1.165, 1.54) is 5.56 Å². The number of rotatable bonds is 7. The maximum atomic E-state index is 5.84. The number of hydrogen-bond acceptors (Lipinski definition) is 2. The minimum Gasteiger partial charge on any atom is -0.380 e. The van der Waals surface area contributed by atoms with E-state index in [0.717, 1.165) is 37.1 Å². The first-order valence-corrected chi connectivity index (χ1v) is 6.90. The third-order valence-corrected chi connectivity index (χ3v) is 2.84. The second-order valence-corrected chi connectivity index (χ2v) is 4.44. The summed E-state index contributed by atoms with van der Waals surface area (Å²) in [6, 6.07) is 7.89. The van der Waals surface area contributed by atoms with E-state index in [2.05, 4.69) is 15.6 Å². The molecule has 2 N–H and O–H groups in total. The molecule has 0 aliphatic heterocycles. The highest BCUT2D eigenvalue weighted by Gasteiger charge is 1.97. The Morgan fingerprint density at radius 1 is 1.20 bits per heavy atom. The Labute approximate surface area is 143 Å². The minimum absolute atomic E-state index is 0. The van der Waals surface area contributed by atoms with E-state index in [0.29, 0.717) is 6.61 Å². The zero-order chi connectivity index (χ0) is 13.9. The van der Waals surface area contributed by atoms with E-state index in [1.807, 2.05) is 31.2 Å². The molecule has 0 bridgehead atoms. The Balaban J connectivity index is 0.00000361. The van der Waals surface area contributed by atoms with Gasteiger partial charge in [0.1, 0.15) is 0 Å². The monoisotopic (exact) mass is 411 g/mol. The van der Waals surface area contributed by atoms with Crippen molar-refractivity contribution in [2.24, 2.45) is 4.99 Å². The summed E-state index contributed by atoms with van der Waals surface area (Å²) in [5.74, 6) is 0.800. The van der Waals surface area contributed by atoms with Gasteiger partial charge in [-0.3, -0.25) is 4.99 Å². The normalized spacial score (nSPS) is 10.8. The first-order valence-electron chi connectivity index (χ1n) is 6.53. The van der Waals surface area contributed by atoms with Gasteiger partial charge in [0.05, 0.1) is 6.61 Å². The second kappa shape index (κ2) is 12.2. The van der Waals surface area contributed by atoms with Crippen molar-refractivity contribution in [3.05, 3.63) is 34.9 Å². The van der Waals surface area contributed by atoms with Crippen molar-refractivity contribution in [2.75, 3.05) is 33.4 Å². The Hall–Kier alpha value is -0.530. The van der Waals surface area contributed by atoms with E-state index in [9.17, 15) is 0 Å². The Morgan fingerprint density at radius 2 is 1.85 bits per heavy atom. The maximum absolute atomic E-state index is 5.84. The summed E-state index contributed by atoms with van der Waals surface area (Å²) in [4.78, 5) is 4.15. The lowest BCUT2D eigenvalue weighted by Crippen LogP contribution is -2.39. The first-order chi connectivity index (χ1) is 9.26. The number of nitrogens with zero attached hydrogens (tertiary/aromatic N) is 1. The van der Waals surface area contributed by atoms with Crippen LogP contribution in [0.15, 0.2) is 29.3 Å². The highest BCUT2D eigenvalue weighted by Crippen LogP contribution is 2.09. The number of hydrogen-bond donors (Lipinski definition) is 2. The predicted molar refractivity (Wildman–Crippen MR) is 96.4 cm³/mol. The predicted octanol–water partition coefficient (Wildman–Crippen LogP) is 2.70. The topological polar surface area (TPSA) is 45.6 Å². The van der Waals surface area contributed by atoms with Crippen molar-refractivity contribution in [3.8, 4) is 0 Å². The SMILES string of the molecule is CCOCCNC(=NC)NCCc1ccc(Cl)cc1.I. The fraction of sp³-hybridized carbons (Fsp3) is 0.500. The fourth-order valence-corrected chi connectivity index (χ4v) is 1.71. The molecule has 0 unspecified atom stereocenters. The third kappa shape index (κ3) is 8.60. The first kappa shape index (κ1) is 19.5. The van der Waals surface area contributed by atoms with Crippen LogP contribution in [0.2, 0.25) is 5.02 Å². The maximum Gasteiger partial charge on any atom is 0.191 e. The van der Waals surface area contributed by atoms with E-state index in [4.69, 9.17) is 16.3 Å². The van der Waals surface area contributed by atoms with Gasteiger partial charge in [-0.15, -0.1) is 24.0 Å². The number of ether oxygens (including phenoxy) is 1. The largest absolute Gasteiger partial charge is 0.380 e. The van der Waals surface area contributed by atoms with Crippen molar-refractivity contribution < 1.29 is 4.74 Å². The average molecular weight is 412 g/mol. The van der Waals surface area contributed by atoms with Gasteiger partial charge in [0.25, 0.3) is 0 Å². The highest BCUT2D eigenvalue weighted by molar-refractivity contribution is 14.0. The van der Waals surface area contributed by atoms with Crippen LogP contribution in [-0.2, 0) is 11.2 Å². The van der Waals surface area contributed by atoms with E-state index in [1.54, 1.807) is 7.05 Å². The fourth-order valence-electron chi connectivity index (χ4n) is 1.58. The number of aliphatic imine (C=N–C) groups is 1. The summed E-state index contributed by atoms with van der Waals surface area (Å²) in [6.45, 7) is 5.00. The van der Waals surface area contributed by atoms with Crippen LogP contribution in [0.5, 0.6) is 0 Å². The average Bonchev–Trinajstić information content (AvgIpc) is 2.43. The molecule has 0 amide bonds. The van der Waals surface area contributed by atoms with Gasteiger partial charge in [-0.2, -0.15) is 0 Å². The van der Waals surface area contributed by atoms with E-state index >= 15 is 0 Å². The van der Waals surface area contributed by atoms with E-state index in [-0.39, 0.29) is 24.0 Å². The number of nitrogens with one attached hydrogen (secondary N) is 2. The molecule has 0 radical (unpaired) electrons. The zero-order valence-electron chi connectivity index (χ0n) is 12.0. The molecule has 0 atom stereocenters. The molecule has 114 valence electrons. The van der Waals surface area contributed by atoms with Crippen molar-refractivity contribution in [1.82, 2.24) is 10.6 Å². The molecule has 0 aliphatic rings. The summed E-state index contributed by atoms with van der Waals surface area (Å²) in [5, 5.41) is 7.22. The molecule has 4 nitrogen and oxygen atoms in total. The summed E-state index contributed by atoms with van der Waals surface area (Å²) in [7, 11) is 1.76. The molecule has 6 heteroatoms. The minimum atomic E-state index is 0. The molecule has 0 spiro atoms. The van der Waals surface area contributed by atoms with Gasteiger partial charge < -0.3 is 15.4 Å². The zero-order valence-corrected chi connectivity index (χ0v) is 15.1. The van der Waals surface area contributed by atoms with Crippen LogP contribution in [0, 0.1) is 0 Å². The van der Waals surface area contributed by atoms with E-state index < -0.39 is 0 Å². The molecule has 0 saturated carbocycles. The third-order valence-electron chi connectivity index (χ3n) is 2.59. The molecule has 0 fully saturated rings. The van der Waals surface area contributed by atoms with Crippen molar-refractivity contribution in [1.29, 1.82) is 0 Å². The molecule has 0 saturated heterocycles. The number of halogens is 2. The highest BCUT2D eigenvalue weighted by atomic mass is 127. The summed E-state index contributed by atoms with van der Waals surface area (Å²) in [6.07, 6.45) is 0.934. The lowest BCUT2D eigenvalue weighted by Gasteiger charge is -2.11. The van der Waals surface area contributed by atoms with Crippen LogP contribution < -0.4 is 10.6 Å². The molecule has 0 heterocycles. The standard InChI is InChI=1S/C14H22ClN3O.HI/c1-3-19-11-10-18-14(16-2)17-9-8-12-4-6-13(15)7-5-12;/h4-7H,3,8-11H2,1-2H3,(H2,16,17,18);1H. The second-order valence-electron chi connectivity index (χ2n) is 4.00. The van der Waals surface area contributed by atoms with Gasteiger partial charge in [0.15, 0.2) is 5.96 Å². The number of guanidine groups is 1. The smallest absolute Gasteiger partial charge is 0.191 e. The Bertz CT molecular complexity index is 385. The lowest BCUT2D eigenvalue weighted by atomic mass is 10.1. The molecule has 1 aromatic carbocycles. The van der Waals surface area contributed by atoms with Crippen LogP contribution in [0.4, 0.5) is 0 Å². The molecular weight excluding hydrogens is 389 g/mol. The van der Waals surface area contributed by atoms with Crippen molar-refractivity contribution in [3.63, 3.8) is 0 Å². The lowest BCUT2D eigenvalue weighted by molar-refractivity contribution is 0.152. The van der Waals surface area contributed by atoms with Crippen LogP contribution in [0.25, 0.3) is 0 Å². The summed E-state index contributed by atoms with van der Waals surface area (Å²) >= 11 is 5.84. The summed E-state index contributed by atoms with van der Waals surface area (Å²) < 4.78 is 5.26. The van der Waals surface area contributed by atoms with Crippen molar-refractivity contribution >= 4 is 41.5 Å². The van der Waals surface area contributed by atoms with Gasteiger partial charge in [-0.05, 0) is 31.0 Å². The van der Waals surface area contributed by atoms with Crippen LogP contribution in [-0.4, -0.2) is 39.3 Å². The molecule has 1 rings (SSSR count). The molecule has 1 aromatic rings. The molecular formula is C14H23ClIN3O. The van der Waals surface area contributed by atoms with Gasteiger partial charge >= 0.3 is 0 Å². The quantitative estimate of drug-likeness (QED) is 0.314. The summed E-state index contributed by atoms with van der Waals surface area (Å²) in [5.41, 5.74) is 1.25. The Morgan fingerprint density at radius 3 is 2.45 bits per heavy atom. The Kier molecular flexibility index (Phi) is 11.9. The molecule has 0 aromatic heterocycles. The molecule has 0 aliphatic carbocycles. The van der Waals surface area contributed by atoms with Gasteiger partial charge in [-0.25, -0.2) is 0 Å². The van der Waals surface area contributed by atoms with Gasteiger partial charge in [0, 0.05) is 31.8 Å². The van der Waals surface area contributed by atoms with Crippen LogP contribution in [0.1, 0.15) is 12.5 Å². The van der Waals surface area contributed by atoms with Crippen LogP contribution >= 0.6 is 35.6 Å². The molecule has 20 heavy (non-hydrogen) atoms.